The number of furan rings is 1. The highest BCUT2D eigenvalue weighted by molar-refractivity contribution is 5.95. The highest BCUT2D eigenvalue weighted by Gasteiger charge is 2.10. The average Bonchev–Trinajstić information content (AvgIpc) is 2.78. The third kappa shape index (κ3) is 2.87. The highest BCUT2D eigenvalue weighted by Crippen LogP contribution is 2.18. The molecule has 1 aromatic heterocycles. The molecule has 0 unspecified atom stereocenters. The molecular formula is C14H17NO2. The van der Waals surface area contributed by atoms with Crippen molar-refractivity contribution in [1.29, 1.82) is 0 Å². The zero-order chi connectivity index (χ0) is 12.1. The van der Waals surface area contributed by atoms with E-state index in [2.05, 4.69) is 12.2 Å². The molecule has 90 valence electrons. The molecule has 2 rings (SSSR count). The second-order valence-corrected chi connectivity index (χ2v) is 4.11. The van der Waals surface area contributed by atoms with Crippen LogP contribution in [0.2, 0.25) is 0 Å². The zero-order valence-electron chi connectivity index (χ0n) is 10.0. The van der Waals surface area contributed by atoms with Crippen LogP contribution in [-0.2, 0) is 0 Å². The van der Waals surface area contributed by atoms with Gasteiger partial charge in [-0.25, -0.2) is 0 Å². The molecule has 0 saturated carbocycles. The molecule has 0 aliphatic rings. The van der Waals surface area contributed by atoms with E-state index in [0.29, 0.717) is 12.3 Å². The zero-order valence-corrected chi connectivity index (χ0v) is 10.0. The fourth-order valence-electron chi connectivity index (χ4n) is 1.76. The summed E-state index contributed by atoms with van der Waals surface area (Å²) in [5.41, 5.74) is 0.756. The van der Waals surface area contributed by atoms with Crippen LogP contribution >= 0.6 is 0 Å². The van der Waals surface area contributed by atoms with Crippen LogP contribution < -0.4 is 5.32 Å². The third-order valence-corrected chi connectivity index (χ3v) is 2.72. The molecule has 0 spiro atoms. The summed E-state index contributed by atoms with van der Waals surface area (Å²) < 4.78 is 5.47. The van der Waals surface area contributed by atoms with E-state index in [0.717, 1.165) is 30.2 Å². The number of rotatable bonds is 5. The van der Waals surface area contributed by atoms with Gasteiger partial charge in [-0.2, -0.15) is 0 Å². The van der Waals surface area contributed by atoms with Gasteiger partial charge in [0, 0.05) is 11.9 Å². The number of para-hydroxylation sites is 1. The number of benzene rings is 1. The summed E-state index contributed by atoms with van der Waals surface area (Å²) in [6.45, 7) is 2.85. The van der Waals surface area contributed by atoms with Gasteiger partial charge in [-0.1, -0.05) is 38.0 Å². The van der Waals surface area contributed by atoms with Gasteiger partial charge in [0.05, 0.1) is 0 Å². The van der Waals surface area contributed by atoms with Gasteiger partial charge in [0.2, 0.25) is 0 Å². The lowest BCUT2D eigenvalue weighted by molar-refractivity contribution is 0.0927. The molecule has 0 bridgehead atoms. The Morgan fingerprint density at radius 2 is 2.12 bits per heavy atom. The Labute approximate surface area is 101 Å². The van der Waals surface area contributed by atoms with Crippen LogP contribution in [0.5, 0.6) is 0 Å². The van der Waals surface area contributed by atoms with E-state index < -0.39 is 0 Å². The maximum Gasteiger partial charge on any atom is 0.287 e. The molecule has 1 N–H and O–H groups in total. The minimum absolute atomic E-state index is 0.127. The Morgan fingerprint density at radius 3 is 2.88 bits per heavy atom. The summed E-state index contributed by atoms with van der Waals surface area (Å²) in [6, 6.07) is 9.41. The number of hydrogen-bond donors (Lipinski definition) is 1. The van der Waals surface area contributed by atoms with E-state index in [1.54, 1.807) is 6.07 Å². The van der Waals surface area contributed by atoms with Gasteiger partial charge in [0.1, 0.15) is 5.58 Å². The molecule has 3 nitrogen and oxygen atoms in total. The van der Waals surface area contributed by atoms with Crippen molar-refractivity contribution in [2.75, 3.05) is 6.54 Å². The minimum atomic E-state index is -0.127. The summed E-state index contributed by atoms with van der Waals surface area (Å²) >= 11 is 0. The molecule has 1 amide bonds. The molecule has 0 radical (unpaired) electrons. The standard InChI is InChI=1S/C14H17NO2/c1-2-3-6-9-15-14(16)13-10-11-7-4-5-8-12(11)17-13/h4-5,7-8,10H,2-3,6,9H2,1H3,(H,15,16). The van der Waals surface area contributed by atoms with Gasteiger partial charge >= 0.3 is 0 Å². The van der Waals surface area contributed by atoms with Crippen molar-refractivity contribution in [1.82, 2.24) is 5.32 Å². The quantitative estimate of drug-likeness (QED) is 0.802. The van der Waals surface area contributed by atoms with E-state index >= 15 is 0 Å². The van der Waals surface area contributed by atoms with Crippen molar-refractivity contribution in [3.8, 4) is 0 Å². The van der Waals surface area contributed by atoms with E-state index in [-0.39, 0.29) is 5.91 Å². The van der Waals surface area contributed by atoms with Crippen molar-refractivity contribution in [3.63, 3.8) is 0 Å². The molecule has 1 heterocycles. The third-order valence-electron chi connectivity index (χ3n) is 2.72. The van der Waals surface area contributed by atoms with Gasteiger partial charge < -0.3 is 9.73 Å². The van der Waals surface area contributed by atoms with Gasteiger partial charge in [-0.3, -0.25) is 4.79 Å². The van der Waals surface area contributed by atoms with Crippen molar-refractivity contribution in [2.24, 2.45) is 0 Å². The van der Waals surface area contributed by atoms with Gasteiger partial charge in [-0.15, -0.1) is 0 Å². The molecule has 2 aromatic rings. The number of amides is 1. The van der Waals surface area contributed by atoms with Crippen LogP contribution in [0.25, 0.3) is 11.0 Å². The van der Waals surface area contributed by atoms with E-state index in [9.17, 15) is 4.79 Å². The Balaban J connectivity index is 1.99. The molecule has 1 aromatic carbocycles. The Hall–Kier alpha value is -1.77. The largest absolute Gasteiger partial charge is 0.451 e. The normalized spacial score (nSPS) is 10.6. The predicted molar refractivity (Wildman–Crippen MR) is 68.1 cm³/mol. The highest BCUT2D eigenvalue weighted by atomic mass is 16.3. The van der Waals surface area contributed by atoms with Crippen LogP contribution in [-0.4, -0.2) is 12.5 Å². The van der Waals surface area contributed by atoms with Gasteiger partial charge in [0.25, 0.3) is 5.91 Å². The number of hydrogen-bond acceptors (Lipinski definition) is 2. The number of carbonyl (C=O) groups excluding carboxylic acids is 1. The predicted octanol–water partition coefficient (Wildman–Crippen LogP) is 3.35. The first-order valence-corrected chi connectivity index (χ1v) is 6.08. The molecule has 0 atom stereocenters. The first-order valence-electron chi connectivity index (χ1n) is 6.08. The molecule has 17 heavy (non-hydrogen) atoms. The minimum Gasteiger partial charge on any atom is -0.451 e. The molecule has 3 heteroatoms. The van der Waals surface area contributed by atoms with Crippen LogP contribution in [0.15, 0.2) is 34.7 Å². The first-order chi connectivity index (χ1) is 8.31. The summed E-state index contributed by atoms with van der Waals surface area (Å²) in [5.74, 6) is 0.264. The lowest BCUT2D eigenvalue weighted by Gasteiger charge is -2.01. The summed E-state index contributed by atoms with van der Waals surface area (Å²) in [6.07, 6.45) is 3.31. The Morgan fingerprint density at radius 1 is 1.29 bits per heavy atom. The number of fused-ring (bicyclic) bond motifs is 1. The number of unbranched alkanes of at least 4 members (excludes halogenated alkanes) is 2. The van der Waals surface area contributed by atoms with Gasteiger partial charge in [0.15, 0.2) is 5.76 Å². The molecule has 0 saturated heterocycles. The monoisotopic (exact) mass is 231 g/mol. The van der Waals surface area contributed by atoms with Gasteiger partial charge in [-0.05, 0) is 18.6 Å². The topological polar surface area (TPSA) is 42.2 Å². The lowest BCUT2D eigenvalue weighted by atomic mass is 10.2. The summed E-state index contributed by atoms with van der Waals surface area (Å²) in [4.78, 5) is 11.8. The van der Waals surface area contributed by atoms with Crippen molar-refractivity contribution in [3.05, 3.63) is 36.1 Å². The lowest BCUT2D eigenvalue weighted by Crippen LogP contribution is -2.23. The van der Waals surface area contributed by atoms with Crippen LogP contribution in [0.4, 0.5) is 0 Å². The molecule has 0 fully saturated rings. The van der Waals surface area contributed by atoms with E-state index in [1.165, 1.54) is 0 Å². The fraction of sp³-hybridized carbons (Fsp3) is 0.357. The number of nitrogens with one attached hydrogen (secondary N) is 1. The smallest absolute Gasteiger partial charge is 0.287 e. The van der Waals surface area contributed by atoms with Crippen LogP contribution in [0.1, 0.15) is 36.7 Å². The van der Waals surface area contributed by atoms with E-state index in [4.69, 9.17) is 4.42 Å². The van der Waals surface area contributed by atoms with Crippen molar-refractivity contribution >= 4 is 16.9 Å². The fourth-order valence-corrected chi connectivity index (χ4v) is 1.76. The Bertz CT molecular complexity index is 469. The SMILES string of the molecule is CCCCCNC(=O)c1cc2ccccc2o1. The maximum atomic E-state index is 11.8. The second kappa shape index (κ2) is 5.53. The van der Waals surface area contributed by atoms with Crippen LogP contribution in [0.3, 0.4) is 0 Å². The molecular weight excluding hydrogens is 214 g/mol. The first kappa shape index (κ1) is 11.7. The van der Waals surface area contributed by atoms with E-state index in [1.807, 2.05) is 24.3 Å². The molecule has 0 aliphatic heterocycles. The summed E-state index contributed by atoms with van der Waals surface area (Å²) in [5, 5.41) is 3.83. The number of carbonyl (C=O) groups is 1. The second-order valence-electron chi connectivity index (χ2n) is 4.11. The average molecular weight is 231 g/mol. The van der Waals surface area contributed by atoms with Crippen LogP contribution in [0, 0.1) is 0 Å². The molecule has 0 aliphatic carbocycles. The van der Waals surface area contributed by atoms with Crippen molar-refractivity contribution < 1.29 is 9.21 Å². The Kier molecular flexibility index (Phi) is 3.81. The van der Waals surface area contributed by atoms with Crippen molar-refractivity contribution in [2.45, 2.75) is 26.2 Å². The summed E-state index contributed by atoms with van der Waals surface area (Å²) in [7, 11) is 0. The maximum absolute atomic E-state index is 11.8.